The summed E-state index contributed by atoms with van der Waals surface area (Å²) in [4.78, 5) is 22.4. The highest BCUT2D eigenvalue weighted by atomic mass is 16.2. The summed E-state index contributed by atoms with van der Waals surface area (Å²) in [5.41, 5.74) is 10.8. The maximum atomic E-state index is 11.6. The lowest BCUT2D eigenvalue weighted by atomic mass is 9.84. The van der Waals surface area contributed by atoms with Crippen molar-refractivity contribution in [2.24, 2.45) is 0 Å². The van der Waals surface area contributed by atoms with Crippen molar-refractivity contribution in [3.8, 4) is 22.3 Å². The summed E-state index contributed by atoms with van der Waals surface area (Å²) in [6.45, 7) is 15.2. The largest absolute Gasteiger partial charge is 0.367 e. The summed E-state index contributed by atoms with van der Waals surface area (Å²) < 4.78 is 0. The number of aromatic nitrogens is 2. The number of benzene rings is 1. The highest BCUT2D eigenvalue weighted by Gasteiger charge is 2.18. The first-order chi connectivity index (χ1) is 15.6. The molecule has 172 valence electrons. The maximum absolute atomic E-state index is 11.6. The molecule has 0 atom stereocenters. The van der Waals surface area contributed by atoms with Crippen LogP contribution in [0.3, 0.4) is 0 Å². The number of amides is 1. The third-order valence-corrected chi connectivity index (χ3v) is 6.32. The average molecular weight is 443 g/mol. The summed E-state index contributed by atoms with van der Waals surface area (Å²) in [5, 5.41) is 3.34. The van der Waals surface area contributed by atoms with Crippen LogP contribution in [0.25, 0.3) is 22.3 Å². The smallest absolute Gasteiger partial charge is 0.224 e. The molecule has 5 nitrogen and oxygen atoms in total. The lowest BCUT2D eigenvalue weighted by molar-refractivity contribution is -0.116. The zero-order chi connectivity index (χ0) is 24.3. The van der Waals surface area contributed by atoms with E-state index in [4.69, 9.17) is 0 Å². The summed E-state index contributed by atoms with van der Waals surface area (Å²) in [6, 6.07) is 8.13. The van der Waals surface area contributed by atoms with E-state index >= 15 is 0 Å². The second-order valence-electron chi connectivity index (χ2n) is 8.83. The van der Waals surface area contributed by atoms with Gasteiger partial charge in [0.25, 0.3) is 0 Å². The summed E-state index contributed by atoms with van der Waals surface area (Å²) in [6.07, 6.45) is 5.96. The van der Waals surface area contributed by atoms with E-state index < -0.39 is 0 Å². The molecular weight excluding hydrogens is 408 g/mol. The highest BCUT2D eigenvalue weighted by molar-refractivity contribution is 5.90. The number of carbonyl (C=O) groups is 1. The number of hydrogen-bond acceptors (Lipinski definition) is 4. The van der Waals surface area contributed by atoms with Crippen LogP contribution in [0.1, 0.15) is 43.0 Å². The molecule has 2 heterocycles. The molecule has 5 heteroatoms. The van der Waals surface area contributed by atoms with Gasteiger partial charge in [0.1, 0.15) is 11.6 Å². The molecular formula is C28H34N4O. The molecule has 1 N–H and O–H groups in total. The molecule has 0 unspecified atom stereocenters. The molecule has 1 aromatic carbocycles. The Hall–Kier alpha value is -3.47. The molecule has 0 fully saturated rings. The van der Waals surface area contributed by atoms with Crippen molar-refractivity contribution >= 4 is 17.5 Å². The minimum absolute atomic E-state index is 0.0366. The molecule has 0 radical (unpaired) electrons. The van der Waals surface area contributed by atoms with E-state index in [1.54, 1.807) is 11.9 Å². The van der Waals surface area contributed by atoms with Gasteiger partial charge in [-0.3, -0.25) is 4.79 Å². The van der Waals surface area contributed by atoms with Gasteiger partial charge >= 0.3 is 0 Å². The fourth-order valence-electron chi connectivity index (χ4n) is 4.08. The summed E-state index contributed by atoms with van der Waals surface area (Å²) in [7, 11) is 1.74. The molecule has 2 aromatic heterocycles. The first kappa shape index (κ1) is 24.2. The Bertz CT molecular complexity index is 1160. The van der Waals surface area contributed by atoms with E-state index in [1.807, 2.05) is 30.6 Å². The van der Waals surface area contributed by atoms with Gasteiger partial charge in [-0.25, -0.2) is 9.97 Å². The minimum atomic E-state index is -0.0366. The van der Waals surface area contributed by atoms with Crippen LogP contribution in [-0.4, -0.2) is 29.5 Å². The van der Waals surface area contributed by atoms with Gasteiger partial charge in [-0.05, 0) is 99.2 Å². The third-order valence-electron chi connectivity index (χ3n) is 6.32. The minimum Gasteiger partial charge on any atom is -0.367 e. The predicted molar refractivity (Wildman–Crippen MR) is 139 cm³/mol. The zero-order valence-electron chi connectivity index (χ0n) is 21.0. The second-order valence-corrected chi connectivity index (χ2v) is 8.83. The monoisotopic (exact) mass is 442 g/mol. The molecule has 0 aliphatic heterocycles. The van der Waals surface area contributed by atoms with Crippen LogP contribution >= 0.6 is 0 Å². The first-order valence-electron chi connectivity index (χ1n) is 11.3. The van der Waals surface area contributed by atoms with E-state index in [-0.39, 0.29) is 5.91 Å². The maximum Gasteiger partial charge on any atom is 0.224 e. The van der Waals surface area contributed by atoms with Gasteiger partial charge in [-0.2, -0.15) is 0 Å². The Morgan fingerprint density at radius 2 is 1.36 bits per heavy atom. The number of anilines is 2. The molecule has 0 aliphatic rings. The summed E-state index contributed by atoms with van der Waals surface area (Å²) >= 11 is 0. The Morgan fingerprint density at radius 1 is 0.848 bits per heavy atom. The summed E-state index contributed by atoms with van der Waals surface area (Å²) in [5.74, 6) is 1.49. The van der Waals surface area contributed by atoms with Crippen LogP contribution in [0, 0.1) is 27.7 Å². The lowest BCUT2D eigenvalue weighted by Gasteiger charge is -2.21. The number of pyridine rings is 2. The molecule has 0 spiro atoms. The fraction of sp³-hybridized carbons (Fsp3) is 0.321. The van der Waals surface area contributed by atoms with E-state index in [1.165, 1.54) is 45.9 Å². The second kappa shape index (κ2) is 9.99. The van der Waals surface area contributed by atoms with Crippen LogP contribution in [0.2, 0.25) is 0 Å². The van der Waals surface area contributed by atoms with Gasteiger partial charge < -0.3 is 10.2 Å². The molecule has 0 saturated carbocycles. The average Bonchev–Trinajstić information content (AvgIpc) is 2.79. The van der Waals surface area contributed by atoms with E-state index in [0.717, 1.165) is 23.5 Å². The number of nitrogens with one attached hydrogen (secondary N) is 1. The van der Waals surface area contributed by atoms with Gasteiger partial charge in [0, 0.05) is 44.0 Å². The highest BCUT2D eigenvalue weighted by Crippen LogP contribution is 2.39. The van der Waals surface area contributed by atoms with Crippen molar-refractivity contribution in [3.63, 3.8) is 0 Å². The fourth-order valence-corrected chi connectivity index (χ4v) is 4.08. The van der Waals surface area contributed by atoms with Crippen molar-refractivity contribution in [1.29, 1.82) is 0 Å². The molecule has 33 heavy (non-hydrogen) atoms. The van der Waals surface area contributed by atoms with Gasteiger partial charge in [0.05, 0.1) is 0 Å². The lowest BCUT2D eigenvalue weighted by Crippen LogP contribution is -2.23. The third kappa shape index (κ3) is 5.14. The van der Waals surface area contributed by atoms with Crippen LogP contribution < -0.4 is 10.2 Å². The number of nitrogens with zero attached hydrogens (tertiary/aromatic N) is 3. The first-order valence-corrected chi connectivity index (χ1v) is 11.3. The Morgan fingerprint density at radius 3 is 1.76 bits per heavy atom. The van der Waals surface area contributed by atoms with Gasteiger partial charge in [-0.1, -0.05) is 11.6 Å². The number of rotatable bonds is 6. The van der Waals surface area contributed by atoms with Crippen LogP contribution in [-0.2, 0) is 4.79 Å². The quantitative estimate of drug-likeness (QED) is 0.449. The number of hydrogen-bond donors (Lipinski definition) is 1. The SMILES string of the molecule is CC(=O)N(C)c1ccc(-c2c(C)c(C)c(-c3ccc(NCC=C(C)C)nc3)c(C)c2C)cn1. The van der Waals surface area contributed by atoms with E-state index in [0.29, 0.717) is 5.82 Å². The molecule has 1 amide bonds. The Kier molecular flexibility index (Phi) is 7.32. The van der Waals surface area contributed by atoms with Crippen LogP contribution in [0.4, 0.5) is 11.6 Å². The zero-order valence-corrected chi connectivity index (χ0v) is 21.0. The van der Waals surface area contributed by atoms with Crippen LogP contribution in [0.15, 0.2) is 48.3 Å². The van der Waals surface area contributed by atoms with Crippen molar-refractivity contribution in [2.75, 3.05) is 23.8 Å². The van der Waals surface area contributed by atoms with Crippen molar-refractivity contribution in [1.82, 2.24) is 9.97 Å². The predicted octanol–water partition coefficient (Wildman–Crippen LogP) is 6.41. The molecule has 3 rings (SSSR count). The van der Waals surface area contributed by atoms with Gasteiger partial charge in [0.2, 0.25) is 5.91 Å². The van der Waals surface area contributed by atoms with Crippen molar-refractivity contribution < 1.29 is 4.79 Å². The topological polar surface area (TPSA) is 58.1 Å². The normalized spacial score (nSPS) is 10.7. The Balaban J connectivity index is 1.98. The number of carbonyl (C=O) groups excluding carboxylic acids is 1. The molecule has 3 aromatic rings. The Labute approximate surface area is 197 Å². The standard InChI is InChI=1S/C28H34N4O/c1-17(2)13-14-29-25-11-9-23(15-30-25)27-18(3)20(5)28(21(6)19(27)4)24-10-12-26(31-16-24)32(8)22(7)33/h9-13,15-16H,14H2,1-8H3,(H,29,30). The molecule has 0 saturated heterocycles. The van der Waals surface area contributed by atoms with Crippen molar-refractivity contribution in [3.05, 3.63) is 70.6 Å². The van der Waals surface area contributed by atoms with Crippen LogP contribution in [0.5, 0.6) is 0 Å². The molecule has 0 bridgehead atoms. The van der Waals surface area contributed by atoms with E-state index in [9.17, 15) is 4.79 Å². The van der Waals surface area contributed by atoms with Crippen molar-refractivity contribution in [2.45, 2.75) is 48.5 Å². The van der Waals surface area contributed by atoms with Gasteiger partial charge in [-0.15, -0.1) is 0 Å². The number of allylic oxidation sites excluding steroid dienone is 1. The molecule has 0 aliphatic carbocycles. The van der Waals surface area contributed by atoms with E-state index in [2.05, 4.69) is 69.0 Å². The van der Waals surface area contributed by atoms with Gasteiger partial charge in [0.15, 0.2) is 0 Å².